The van der Waals surface area contributed by atoms with Crippen LogP contribution in [0.15, 0.2) is 115 Å². The minimum atomic E-state index is 0.125. The molecular formula is C46H28N4S2. The average Bonchev–Trinajstić information content (AvgIpc) is 3.61. The van der Waals surface area contributed by atoms with Crippen LogP contribution < -0.4 is 14.7 Å². The maximum absolute atomic E-state index is 10.7. The van der Waals surface area contributed by atoms with Crippen LogP contribution >= 0.6 is 22.7 Å². The highest BCUT2D eigenvalue weighted by molar-refractivity contribution is 7.25. The number of thiophene rings is 2. The zero-order chi connectivity index (χ0) is 34.7. The summed E-state index contributed by atoms with van der Waals surface area (Å²) < 4.78 is 7.27. The maximum Gasteiger partial charge on any atom is 0.101 e. The molecule has 244 valence electrons. The molecule has 4 nitrogen and oxygen atoms in total. The molecule has 2 unspecified atom stereocenters. The standard InChI is InChI=1S/C46H28N4S2/c1-26-18-34-31-9-3-6-12-42(31)51-44(34)16-17-49(37-11-5-2-8-30(26)37)39-22-40(29(25-48)19-28(39)24-47)50-38-15-14-27-20-33(27)46(38)36-21-35-32-10-4-7-13-43(32)52-45(35)23-41(36)50/h2-16,18-23,26,33H,17H2,1H3/b34-18-,44-16+. The highest BCUT2D eigenvalue weighted by Gasteiger charge is 2.35. The van der Waals surface area contributed by atoms with E-state index in [0.717, 1.165) is 28.3 Å². The summed E-state index contributed by atoms with van der Waals surface area (Å²) in [4.78, 5) is 2.28. The summed E-state index contributed by atoms with van der Waals surface area (Å²) in [5, 5.41) is 27.7. The number of anilines is 2. The Morgan fingerprint density at radius 2 is 1.42 bits per heavy atom. The van der Waals surface area contributed by atoms with E-state index in [4.69, 9.17) is 0 Å². The van der Waals surface area contributed by atoms with E-state index in [-0.39, 0.29) is 11.8 Å². The minimum absolute atomic E-state index is 0.125. The van der Waals surface area contributed by atoms with Crippen molar-refractivity contribution in [1.82, 2.24) is 4.57 Å². The Morgan fingerprint density at radius 3 is 2.27 bits per heavy atom. The smallest absolute Gasteiger partial charge is 0.101 e. The third-order valence-electron chi connectivity index (χ3n) is 11.0. The van der Waals surface area contributed by atoms with Crippen LogP contribution in [0.1, 0.15) is 46.7 Å². The van der Waals surface area contributed by atoms with Crippen molar-refractivity contribution in [3.05, 3.63) is 152 Å². The molecule has 0 N–H and O–H groups in total. The second kappa shape index (κ2) is 10.9. The monoisotopic (exact) mass is 700 g/mol. The highest BCUT2D eigenvalue weighted by atomic mass is 32.1. The van der Waals surface area contributed by atoms with Crippen molar-refractivity contribution < 1.29 is 0 Å². The van der Waals surface area contributed by atoms with E-state index in [9.17, 15) is 10.5 Å². The number of hydrogen-bond acceptors (Lipinski definition) is 5. The van der Waals surface area contributed by atoms with Crippen LogP contribution in [0.3, 0.4) is 0 Å². The van der Waals surface area contributed by atoms with Gasteiger partial charge in [-0.1, -0.05) is 79.7 Å². The van der Waals surface area contributed by atoms with Gasteiger partial charge in [-0.3, -0.25) is 0 Å². The summed E-state index contributed by atoms with van der Waals surface area (Å²) in [5.41, 5.74) is 9.62. The van der Waals surface area contributed by atoms with E-state index < -0.39 is 0 Å². The Bertz CT molecular complexity index is 3170. The average molecular weight is 701 g/mol. The largest absolute Gasteiger partial charge is 0.336 e. The molecule has 0 radical (unpaired) electrons. The SMILES string of the molecule is CC1/C=c2\c(sc3ccccc23)=C/CN(c2cc(-n3c4c(c5cc6c(cc53)sc3ccccc36)C3C=C3C=C4)c(C#N)cc2C#N)c2ccccc21. The van der Waals surface area contributed by atoms with E-state index >= 15 is 0 Å². The number of aromatic nitrogens is 1. The Balaban J connectivity index is 1.19. The van der Waals surface area contributed by atoms with E-state index in [0.29, 0.717) is 17.7 Å². The van der Waals surface area contributed by atoms with E-state index in [1.54, 1.807) is 6.07 Å². The molecule has 8 aromatic rings. The van der Waals surface area contributed by atoms with Crippen LogP contribution in [0.4, 0.5) is 11.4 Å². The number of fused-ring (bicyclic) bond motifs is 12. The van der Waals surface area contributed by atoms with E-state index in [2.05, 4.69) is 150 Å². The number of hydrogen-bond donors (Lipinski definition) is 0. The fourth-order valence-corrected chi connectivity index (χ4v) is 10.8. The van der Waals surface area contributed by atoms with Crippen LogP contribution in [-0.2, 0) is 0 Å². The number of para-hydroxylation sites is 1. The van der Waals surface area contributed by atoms with Gasteiger partial charge in [0.1, 0.15) is 12.1 Å². The molecule has 2 atom stereocenters. The molecule has 0 fully saturated rings. The zero-order valence-corrected chi connectivity index (χ0v) is 29.7. The molecule has 1 aliphatic heterocycles. The second-order valence-electron chi connectivity index (χ2n) is 13.9. The third kappa shape index (κ3) is 4.17. The Kier molecular flexibility index (Phi) is 6.20. The lowest BCUT2D eigenvalue weighted by Crippen LogP contribution is -2.23. The maximum atomic E-state index is 10.7. The third-order valence-corrected chi connectivity index (χ3v) is 13.4. The van der Waals surface area contributed by atoms with Crippen molar-refractivity contribution in [2.75, 3.05) is 11.4 Å². The molecule has 5 aromatic carbocycles. The van der Waals surface area contributed by atoms with Crippen molar-refractivity contribution in [1.29, 1.82) is 10.5 Å². The number of allylic oxidation sites excluding steroid dienone is 3. The Morgan fingerprint density at radius 1 is 0.673 bits per heavy atom. The van der Waals surface area contributed by atoms with Crippen molar-refractivity contribution in [2.45, 2.75) is 18.8 Å². The molecule has 11 rings (SSSR count). The summed E-state index contributed by atoms with van der Waals surface area (Å²) in [7, 11) is 0. The number of nitriles is 2. The Hall–Kier alpha value is -6.18. The molecule has 4 heterocycles. The molecule has 0 spiro atoms. The van der Waals surface area contributed by atoms with Gasteiger partial charge in [0.05, 0.1) is 33.7 Å². The molecule has 0 saturated heterocycles. The molecule has 0 saturated carbocycles. The van der Waals surface area contributed by atoms with Gasteiger partial charge >= 0.3 is 0 Å². The lowest BCUT2D eigenvalue weighted by Gasteiger charge is -2.29. The van der Waals surface area contributed by atoms with Gasteiger partial charge in [0, 0.05) is 58.9 Å². The number of rotatable bonds is 2. The van der Waals surface area contributed by atoms with Crippen LogP contribution in [0, 0.1) is 22.7 Å². The van der Waals surface area contributed by atoms with Crippen LogP contribution in [-0.4, -0.2) is 11.1 Å². The first-order chi connectivity index (χ1) is 25.6. The molecule has 2 aliphatic carbocycles. The van der Waals surface area contributed by atoms with Gasteiger partial charge in [-0.05, 0) is 81.9 Å². The quantitative estimate of drug-likeness (QED) is 0.180. The number of nitrogens with zero attached hydrogens (tertiary/aromatic N) is 4. The molecule has 0 bridgehead atoms. The molecule has 52 heavy (non-hydrogen) atoms. The molecule has 0 amide bonds. The van der Waals surface area contributed by atoms with Crippen LogP contribution in [0.5, 0.6) is 0 Å². The summed E-state index contributed by atoms with van der Waals surface area (Å²) in [5.74, 6) is 0.405. The zero-order valence-electron chi connectivity index (χ0n) is 28.1. The predicted molar refractivity (Wildman–Crippen MR) is 217 cm³/mol. The normalized spacial score (nSPS) is 18.4. The summed E-state index contributed by atoms with van der Waals surface area (Å²) in [6.45, 7) is 2.83. The molecular weight excluding hydrogens is 673 g/mol. The fourth-order valence-electron chi connectivity index (χ4n) is 8.56. The van der Waals surface area contributed by atoms with Crippen molar-refractivity contribution in [3.8, 4) is 17.8 Å². The van der Waals surface area contributed by atoms with Crippen LogP contribution in [0.25, 0.3) is 65.1 Å². The lowest BCUT2D eigenvalue weighted by molar-refractivity contribution is 0.991. The van der Waals surface area contributed by atoms with Crippen molar-refractivity contribution in [3.63, 3.8) is 0 Å². The molecule has 3 aromatic heterocycles. The van der Waals surface area contributed by atoms with Gasteiger partial charge in [0.15, 0.2) is 0 Å². The second-order valence-corrected chi connectivity index (χ2v) is 16.1. The van der Waals surface area contributed by atoms with Crippen molar-refractivity contribution in [2.24, 2.45) is 0 Å². The van der Waals surface area contributed by atoms with E-state index in [1.165, 1.54) is 62.1 Å². The predicted octanol–water partition coefficient (Wildman–Crippen LogP) is 10.5. The van der Waals surface area contributed by atoms with Gasteiger partial charge in [0.2, 0.25) is 0 Å². The number of benzene rings is 5. The first-order valence-corrected chi connectivity index (χ1v) is 19.2. The van der Waals surface area contributed by atoms with Gasteiger partial charge in [0.25, 0.3) is 0 Å². The summed E-state index contributed by atoms with van der Waals surface area (Å²) in [6.07, 6.45) is 11.4. The van der Waals surface area contributed by atoms with Gasteiger partial charge < -0.3 is 9.47 Å². The minimum Gasteiger partial charge on any atom is -0.336 e. The first-order valence-electron chi connectivity index (χ1n) is 17.5. The fraction of sp³-hybridized carbons (Fsp3) is 0.0870. The van der Waals surface area contributed by atoms with Gasteiger partial charge in [-0.2, -0.15) is 10.5 Å². The summed E-state index contributed by atoms with van der Waals surface area (Å²) >= 11 is 3.62. The van der Waals surface area contributed by atoms with Gasteiger partial charge in [-0.25, -0.2) is 0 Å². The van der Waals surface area contributed by atoms with Crippen molar-refractivity contribution >= 4 is 93.4 Å². The summed E-state index contributed by atoms with van der Waals surface area (Å²) in [6, 6.07) is 39.3. The Labute approximate surface area is 307 Å². The van der Waals surface area contributed by atoms with Gasteiger partial charge in [-0.15, -0.1) is 22.7 Å². The lowest BCUT2D eigenvalue weighted by atomic mass is 9.96. The molecule has 3 aliphatic rings. The topological polar surface area (TPSA) is 55.8 Å². The van der Waals surface area contributed by atoms with E-state index in [1.807, 2.05) is 22.7 Å². The molecule has 6 heteroatoms. The van der Waals surface area contributed by atoms with Crippen LogP contribution in [0.2, 0.25) is 0 Å². The highest BCUT2D eigenvalue weighted by Crippen LogP contribution is 2.52. The first kappa shape index (κ1) is 29.5.